The van der Waals surface area contributed by atoms with Crippen molar-refractivity contribution in [1.82, 2.24) is 10.2 Å². The van der Waals surface area contributed by atoms with Crippen molar-refractivity contribution in [3.63, 3.8) is 0 Å². The van der Waals surface area contributed by atoms with Crippen LogP contribution in [0, 0.1) is 5.92 Å². The van der Waals surface area contributed by atoms with E-state index in [1.807, 2.05) is 41.3 Å². The van der Waals surface area contributed by atoms with E-state index in [1.54, 1.807) is 19.2 Å². The lowest BCUT2D eigenvalue weighted by molar-refractivity contribution is -0.129. The second-order valence-electron chi connectivity index (χ2n) is 7.31. The Hall–Kier alpha value is -2.53. The van der Waals surface area contributed by atoms with E-state index in [4.69, 9.17) is 16.3 Å². The minimum Gasteiger partial charge on any atom is -0.497 e. The van der Waals surface area contributed by atoms with Crippen LogP contribution in [0.15, 0.2) is 48.5 Å². The van der Waals surface area contributed by atoms with E-state index in [0.717, 1.165) is 29.7 Å². The molecule has 0 aliphatic carbocycles. The highest BCUT2D eigenvalue weighted by molar-refractivity contribution is 6.30. The lowest BCUT2D eigenvalue weighted by atomic mass is 9.92. The second kappa shape index (κ2) is 9.79. The van der Waals surface area contributed by atoms with E-state index >= 15 is 0 Å². The molecule has 1 N–H and O–H groups in total. The zero-order valence-electron chi connectivity index (χ0n) is 16.9. The maximum atomic E-state index is 13.0. The first-order valence-electron chi connectivity index (χ1n) is 9.99. The van der Waals surface area contributed by atoms with Gasteiger partial charge in [0.1, 0.15) is 5.75 Å². The Kier molecular flexibility index (Phi) is 7.15. The first-order chi connectivity index (χ1) is 14.0. The SMILES string of the molecule is CCCCN1C(=O)C[C@@H](C(=O)NCc2ccc(Cl)cc2)[C@@H]1c1ccc(OC)cc1. The monoisotopic (exact) mass is 414 g/mol. The molecular formula is C23H27ClN2O3. The molecule has 0 aromatic heterocycles. The van der Waals surface area contributed by atoms with Crippen molar-refractivity contribution in [3.05, 3.63) is 64.7 Å². The van der Waals surface area contributed by atoms with Crippen LogP contribution in [0.4, 0.5) is 0 Å². The van der Waals surface area contributed by atoms with Crippen LogP contribution in [-0.2, 0) is 16.1 Å². The Bertz CT molecular complexity index is 836. The number of nitrogens with one attached hydrogen (secondary N) is 1. The zero-order valence-corrected chi connectivity index (χ0v) is 17.6. The number of rotatable bonds is 8. The third kappa shape index (κ3) is 5.10. The fraction of sp³-hybridized carbons (Fsp3) is 0.391. The van der Waals surface area contributed by atoms with Crippen molar-refractivity contribution in [2.75, 3.05) is 13.7 Å². The Balaban J connectivity index is 1.78. The summed E-state index contributed by atoms with van der Waals surface area (Å²) in [6.07, 6.45) is 2.14. The van der Waals surface area contributed by atoms with Crippen LogP contribution < -0.4 is 10.1 Å². The summed E-state index contributed by atoms with van der Waals surface area (Å²) >= 11 is 5.92. The van der Waals surface area contributed by atoms with Gasteiger partial charge in [0.15, 0.2) is 0 Å². The average Bonchev–Trinajstić information content (AvgIpc) is 3.07. The van der Waals surface area contributed by atoms with Gasteiger partial charge < -0.3 is 15.0 Å². The van der Waals surface area contributed by atoms with E-state index in [9.17, 15) is 9.59 Å². The summed E-state index contributed by atoms with van der Waals surface area (Å²) in [5, 5.41) is 3.65. The molecule has 6 heteroatoms. The number of benzene rings is 2. The highest BCUT2D eigenvalue weighted by Gasteiger charge is 2.44. The van der Waals surface area contributed by atoms with Gasteiger partial charge in [-0.2, -0.15) is 0 Å². The number of nitrogens with zero attached hydrogens (tertiary/aromatic N) is 1. The Labute approximate surface area is 177 Å². The number of likely N-dealkylation sites (tertiary alicyclic amines) is 1. The van der Waals surface area contributed by atoms with Crippen molar-refractivity contribution in [1.29, 1.82) is 0 Å². The molecule has 154 valence electrons. The van der Waals surface area contributed by atoms with E-state index in [0.29, 0.717) is 18.1 Å². The first-order valence-corrected chi connectivity index (χ1v) is 10.4. The molecular weight excluding hydrogens is 388 g/mol. The van der Waals surface area contributed by atoms with Crippen LogP contribution in [0.5, 0.6) is 5.75 Å². The van der Waals surface area contributed by atoms with Gasteiger partial charge in [0, 0.05) is 24.5 Å². The summed E-state index contributed by atoms with van der Waals surface area (Å²) in [4.78, 5) is 27.6. The molecule has 1 saturated heterocycles. The van der Waals surface area contributed by atoms with Crippen LogP contribution in [0.2, 0.25) is 5.02 Å². The minimum atomic E-state index is -0.417. The van der Waals surface area contributed by atoms with Gasteiger partial charge in [-0.15, -0.1) is 0 Å². The topological polar surface area (TPSA) is 58.6 Å². The van der Waals surface area contributed by atoms with Crippen LogP contribution in [0.1, 0.15) is 43.4 Å². The van der Waals surface area contributed by atoms with Crippen LogP contribution in [0.25, 0.3) is 0 Å². The lowest BCUT2D eigenvalue weighted by Gasteiger charge is -2.28. The number of amides is 2. The molecule has 0 radical (unpaired) electrons. The molecule has 0 bridgehead atoms. The highest BCUT2D eigenvalue weighted by Crippen LogP contribution is 2.39. The van der Waals surface area contributed by atoms with Crippen LogP contribution in [-0.4, -0.2) is 30.4 Å². The summed E-state index contributed by atoms with van der Waals surface area (Å²) in [5.74, 6) is 0.265. The van der Waals surface area contributed by atoms with Crippen LogP contribution in [0.3, 0.4) is 0 Å². The minimum absolute atomic E-state index is 0.0333. The largest absolute Gasteiger partial charge is 0.497 e. The van der Waals surface area contributed by atoms with Crippen molar-refractivity contribution in [2.45, 2.75) is 38.8 Å². The molecule has 3 rings (SSSR count). The predicted molar refractivity (Wildman–Crippen MR) is 114 cm³/mol. The molecule has 1 fully saturated rings. The summed E-state index contributed by atoms with van der Waals surface area (Å²) in [6, 6.07) is 14.8. The van der Waals surface area contributed by atoms with Gasteiger partial charge in [0.25, 0.3) is 0 Å². The number of carbonyl (C=O) groups is 2. The maximum Gasteiger partial charge on any atom is 0.226 e. The van der Waals surface area contributed by atoms with Gasteiger partial charge in [0.05, 0.1) is 19.1 Å². The number of ether oxygens (including phenoxy) is 1. The Morgan fingerprint density at radius 1 is 1.17 bits per heavy atom. The van der Waals surface area contributed by atoms with Gasteiger partial charge in [-0.25, -0.2) is 0 Å². The summed E-state index contributed by atoms with van der Waals surface area (Å²) < 4.78 is 5.25. The number of hydrogen-bond acceptors (Lipinski definition) is 3. The normalized spacial score (nSPS) is 18.7. The molecule has 29 heavy (non-hydrogen) atoms. The number of methoxy groups -OCH3 is 1. The Morgan fingerprint density at radius 3 is 2.48 bits per heavy atom. The molecule has 2 amide bonds. The number of carbonyl (C=O) groups excluding carboxylic acids is 2. The number of hydrogen-bond donors (Lipinski definition) is 1. The van der Waals surface area contributed by atoms with Gasteiger partial charge >= 0.3 is 0 Å². The summed E-state index contributed by atoms with van der Waals surface area (Å²) in [7, 11) is 1.62. The third-order valence-electron chi connectivity index (χ3n) is 5.36. The van der Waals surface area contributed by atoms with Crippen molar-refractivity contribution in [2.24, 2.45) is 5.92 Å². The molecule has 2 atom stereocenters. The zero-order chi connectivity index (χ0) is 20.8. The summed E-state index contributed by atoms with van der Waals surface area (Å²) in [6.45, 7) is 3.16. The molecule has 5 nitrogen and oxygen atoms in total. The van der Waals surface area contributed by atoms with Gasteiger partial charge in [-0.05, 0) is 41.8 Å². The van der Waals surface area contributed by atoms with Crippen molar-refractivity contribution >= 4 is 23.4 Å². The first kappa shape index (κ1) is 21.2. The lowest BCUT2D eigenvalue weighted by Crippen LogP contribution is -2.35. The van der Waals surface area contributed by atoms with Gasteiger partial charge in [0.2, 0.25) is 11.8 Å². The van der Waals surface area contributed by atoms with Crippen molar-refractivity contribution < 1.29 is 14.3 Å². The molecule has 0 saturated carbocycles. The molecule has 2 aromatic carbocycles. The Morgan fingerprint density at radius 2 is 1.86 bits per heavy atom. The van der Waals surface area contributed by atoms with Gasteiger partial charge in [-0.3, -0.25) is 9.59 Å². The quantitative estimate of drug-likeness (QED) is 0.698. The number of unbranched alkanes of at least 4 members (excludes halogenated alkanes) is 1. The molecule has 0 spiro atoms. The molecule has 2 aromatic rings. The molecule has 1 aliphatic rings. The molecule has 0 unspecified atom stereocenters. The second-order valence-corrected chi connectivity index (χ2v) is 7.75. The molecule has 1 aliphatic heterocycles. The fourth-order valence-corrected chi connectivity index (χ4v) is 3.88. The van der Waals surface area contributed by atoms with E-state index < -0.39 is 5.92 Å². The van der Waals surface area contributed by atoms with E-state index in [1.165, 1.54) is 0 Å². The maximum absolute atomic E-state index is 13.0. The standard InChI is InChI=1S/C23H27ClN2O3/c1-3-4-13-26-21(27)14-20(22(26)17-7-11-19(29-2)12-8-17)23(28)25-15-16-5-9-18(24)10-6-16/h5-12,20,22H,3-4,13-15H2,1-2H3,(H,25,28)/t20-,22+/m1/s1. The average molecular weight is 415 g/mol. The van der Waals surface area contributed by atoms with E-state index in [2.05, 4.69) is 12.2 Å². The third-order valence-corrected chi connectivity index (χ3v) is 5.61. The fourth-order valence-electron chi connectivity index (χ4n) is 3.75. The van der Waals surface area contributed by atoms with Crippen LogP contribution >= 0.6 is 11.6 Å². The number of halogens is 1. The van der Waals surface area contributed by atoms with E-state index in [-0.39, 0.29) is 24.3 Å². The molecule has 1 heterocycles. The van der Waals surface area contributed by atoms with Gasteiger partial charge in [-0.1, -0.05) is 49.2 Å². The van der Waals surface area contributed by atoms with Crippen molar-refractivity contribution in [3.8, 4) is 5.75 Å². The smallest absolute Gasteiger partial charge is 0.226 e. The predicted octanol–water partition coefficient (Wildman–Crippen LogP) is 4.35. The summed E-state index contributed by atoms with van der Waals surface area (Å²) in [5.41, 5.74) is 1.93. The highest BCUT2D eigenvalue weighted by atomic mass is 35.5.